The van der Waals surface area contributed by atoms with Gasteiger partial charge in [-0.25, -0.2) is 9.78 Å². The summed E-state index contributed by atoms with van der Waals surface area (Å²) in [4.78, 5) is 11.3. The van der Waals surface area contributed by atoms with E-state index in [0.717, 1.165) is 22.8 Å². The van der Waals surface area contributed by atoms with E-state index in [-0.39, 0.29) is 11.7 Å². The number of anilines is 1. The number of benzene rings is 2. The van der Waals surface area contributed by atoms with Crippen LogP contribution in [0.25, 0.3) is 5.57 Å². The zero-order valence-electron chi connectivity index (χ0n) is 17.4. The Labute approximate surface area is 179 Å². The average molecular weight is 433 g/mol. The second kappa shape index (κ2) is 8.65. The van der Waals surface area contributed by atoms with E-state index in [1.54, 1.807) is 6.07 Å². The minimum atomic E-state index is -4.39. The first-order chi connectivity index (χ1) is 14.8. The zero-order chi connectivity index (χ0) is 22.1. The number of ether oxygens (including phenoxy) is 1. The summed E-state index contributed by atoms with van der Waals surface area (Å²) >= 11 is 0. The number of aryl methyl sites for hydroxylation is 1. The van der Waals surface area contributed by atoms with Gasteiger partial charge in [-0.15, -0.1) is 0 Å². The lowest BCUT2D eigenvalue weighted by Crippen LogP contribution is -2.49. The summed E-state index contributed by atoms with van der Waals surface area (Å²) in [5.41, 5.74) is 2.37. The highest BCUT2D eigenvalue weighted by Crippen LogP contribution is 2.40. The maximum atomic E-state index is 13.2. The molecule has 1 spiro atoms. The summed E-state index contributed by atoms with van der Waals surface area (Å²) in [6, 6.07) is 13.5. The van der Waals surface area contributed by atoms with Crippen LogP contribution in [-0.4, -0.2) is 24.5 Å². The van der Waals surface area contributed by atoms with Gasteiger partial charge in [0.25, 0.3) is 0 Å². The van der Waals surface area contributed by atoms with E-state index in [4.69, 9.17) is 14.5 Å². The number of hydrogen-bond donors (Lipinski definition) is 1. The predicted molar refractivity (Wildman–Crippen MR) is 112 cm³/mol. The van der Waals surface area contributed by atoms with Gasteiger partial charge in [0, 0.05) is 24.6 Å². The molecule has 4 rings (SSSR count). The zero-order valence-corrected chi connectivity index (χ0v) is 17.4. The van der Waals surface area contributed by atoms with E-state index in [2.05, 4.69) is 11.9 Å². The fraction of sp³-hybridized carbons (Fsp3) is 0.417. The molecule has 1 aliphatic heterocycles. The van der Waals surface area contributed by atoms with E-state index >= 15 is 0 Å². The highest BCUT2D eigenvalue weighted by Gasteiger charge is 2.43. The standard InChI is InChI=1S/C24H26F3NO3/c1-16-7-9-18(10-8-16)17(2)22-15-29-23(31-30-22)13-11-19(12-14-23)28-21-6-4-3-5-20(21)24(25,26)27/h3-10,19,22,28H,2,11-15H2,1H3. The Bertz CT molecular complexity index is 908. The molecule has 1 saturated carbocycles. The van der Waals surface area contributed by atoms with Gasteiger partial charge in [0.2, 0.25) is 5.79 Å². The van der Waals surface area contributed by atoms with Crippen LogP contribution in [0.4, 0.5) is 18.9 Å². The van der Waals surface area contributed by atoms with E-state index in [0.29, 0.717) is 32.3 Å². The number of hydrogen-bond acceptors (Lipinski definition) is 4. The van der Waals surface area contributed by atoms with Crippen molar-refractivity contribution in [2.24, 2.45) is 0 Å². The monoisotopic (exact) mass is 433 g/mol. The van der Waals surface area contributed by atoms with E-state index in [9.17, 15) is 13.2 Å². The Morgan fingerprint density at radius 3 is 2.35 bits per heavy atom. The fourth-order valence-electron chi connectivity index (χ4n) is 4.04. The Morgan fingerprint density at radius 2 is 1.74 bits per heavy atom. The van der Waals surface area contributed by atoms with Crippen LogP contribution in [0, 0.1) is 6.92 Å². The van der Waals surface area contributed by atoms with Crippen LogP contribution in [0.5, 0.6) is 0 Å². The van der Waals surface area contributed by atoms with E-state index in [1.165, 1.54) is 12.1 Å². The molecule has 7 heteroatoms. The molecule has 1 atom stereocenters. The highest BCUT2D eigenvalue weighted by atomic mass is 19.4. The SMILES string of the molecule is C=C(c1ccc(C)cc1)C1COC2(CCC(Nc3ccccc3C(F)(F)F)CC2)OO1. The van der Waals surface area contributed by atoms with Gasteiger partial charge < -0.3 is 10.1 Å². The van der Waals surface area contributed by atoms with Crippen molar-refractivity contribution >= 4 is 11.3 Å². The fourth-order valence-corrected chi connectivity index (χ4v) is 4.04. The maximum absolute atomic E-state index is 13.2. The lowest BCUT2D eigenvalue weighted by atomic mass is 9.89. The molecule has 4 nitrogen and oxygen atoms in total. The quantitative estimate of drug-likeness (QED) is 0.590. The van der Waals surface area contributed by atoms with Crippen LogP contribution >= 0.6 is 0 Å². The van der Waals surface area contributed by atoms with Crippen molar-refractivity contribution in [2.75, 3.05) is 11.9 Å². The van der Waals surface area contributed by atoms with Crippen LogP contribution < -0.4 is 5.32 Å². The second-order valence-electron chi connectivity index (χ2n) is 8.24. The Morgan fingerprint density at radius 1 is 1.06 bits per heavy atom. The molecule has 1 heterocycles. The summed E-state index contributed by atoms with van der Waals surface area (Å²) in [6.45, 7) is 6.45. The summed E-state index contributed by atoms with van der Waals surface area (Å²) in [6.07, 6.45) is -2.51. The van der Waals surface area contributed by atoms with Crippen LogP contribution in [0.2, 0.25) is 0 Å². The molecular weight excluding hydrogens is 407 g/mol. The molecule has 1 aliphatic carbocycles. The molecule has 0 aromatic heterocycles. The molecule has 0 radical (unpaired) electrons. The van der Waals surface area contributed by atoms with Gasteiger partial charge in [-0.1, -0.05) is 48.5 Å². The molecule has 0 amide bonds. The number of para-hydroxylation sites is 1. The van der Waals surface area contributed by atoms with Gasteiger partial charge in [0.1, 0.15) is 6.10 Å². The smallest absolute Gasteiger partial charge is 0.382 e. The molecule has 1 saturated heterocycles. The molecule has 1 unspecified atom stereocenters. The van der Waals surface area contributed by atoms with Crippen molar-refractivity contribution < 1.29 is 27.7 Å². The third-order valence-corrected chi connectivity index (χ3v) is 5.96. The number of nitrogens with one attached hydrogen (secondary N) is 1. The first kappa shape index (κ1) is 21.9. The normalized spacial score (nSPS) is 26.6. The summed E-state index contributed by atoms with van der Waals surface area (Å²) in [7, 11) is 0. The first-order valence-electron chi connectivity index (χ1n) is 10.4. The third-order valence-electron chi connectivity index (χ3n) is 5.96. The van der Waals surface area contributed by atoms with Gasteiger partial charge >= 0.3 is 6.18 Å². The summed E-state index contributed by atoms with van der Waals surface area (Å²) in [5.74, 6) is -0.855. The second-order valence-corrected chi connectivity index (χ2v) is 8.24. The maximum Gasteiger partial charge on any atom is 0.418 e. The van der Waals surface area contributed by atoms with E-state index in [1.807, 2.05) is 31.2 Å². The predicted octanol–water partition coefficient (Wildman–Crippen LogP) is 6.13. The number of rotatable bonds is 4. The molecular formula is C24H26F3NO3. The van der Waals surface area contributed by atoms with Crippen molar-refractivity contribution in [3.05, 3.63) is 71.8 Å². The summed E-state index contributed by atoms with van der Waals surface area (Å²) < 4.78 is 45.7. The molecule has 2 aromatic rings. The number of halogens is 3. The largest absolute Gasteiger partial charge is 0.418 e. The minimum absolute atomic E-state index is 0.0958. The molecule has 2 fully saturated rings. The molecule has 0 bridgehead atoms. The molecule has 166 valence electrons. The lowest BCUT2D eigenvalue weighted by molar-refractivity contribution is -0.483. The average Bonchev–Trinajstić information content (AvgIpc) is 2.76. The van der Waals surface area contributed by atoms with Gasteiger partial charge in [0.05, 0.1) is 12.2 Å². The summed E-state index contributed by atoms with van der Waals surface area (Å²) in [5, 5.41) is 3.04. The van der Waals surface area contributed by atoms with Crippen molar-refractivity contribution in [1.82, 2.24) is 0 Å². The molecule has 1 N–H and O–H groups in total. The lowest BCUT2D eigenvalue weighted by Gasteiger charge is -2.43. The van der Waals surface area contributed by atoms with Crippen molar-refractivity contribution in [3.8, 4) is 0 Å². The molecule has 2 aromatic carbocycles. The Hall–Kier alpha value is -2.35. The minimum Gasteiger partial charge on any atom is -0.382 e. The topological polar surface area (TPSA) is 39.7 Å². The van der Waals surface area contributed by atoms with Gasteiger partial charge in [-0.3, -0.25) is 0 Å². The van der Waals surface area contributed by atoms with Crippen molar-refractivity contribution in [3.63, 3.8) is 0 Å². The molecule has 31 heavy (non-hydrogen) atoms. The molecule has 2 aliphatic rings. The van der Waals surface area contributed by atoms with Gasteiger partial charge in [-0.2, -0.15) is 13.2 Å². The Balaban J connectivity index is 1.32. The third kappa shape index (κ3) is 4.95. The van der Waals surface area contributed by atoms with Crippen LogP contribution in [0.15, 0.2) is 55.1 Å². The van der Waals surface area contributed by atoms with Crippen molar-refractivity contribution in [2.45, 2.75) is 56.7 Å². The van der Waals surface area contributed by atoms with Crippen LogP contribution in [-0.2, 0) is 20.7 Å². The Kier molecular flexibility index (Phi) is 6.10. The van der Waals surface area contributed by atoms with Crippen LogP contribution in [0.3, 0.4) is 0 Å². The number of alkyl halides is 3. The highest BCUT2D eigenvalue weighted by molar-refractivity contribution is 5.67. The first-order valence-corrected chi connectivity index (χ1v) is 10.4. The van der Waals surface area contributed by atoms with E-state index < -0.39 is 23.6 Å². The van der Waals surface area contributed by atoms with Crippen molar-refractivity contribution in [1.29, 1.82) is 0 Å². The van der Waals surface area contributed by atoms with Crippen LogP contribution in [0.1, 0.15) is 42.4 Å². The van der Waals surface area contributed by atoms with Gasteiger partial charge in [0.15, 0.2) is 0 Å². The van der Waals surface area contributed by atoms with Gasteiger partial charge in [-0.05, 0) is 43.0 Å².